The lowest BCUT2D eigenvalue weighted by Crippen LogP contribution is -2.51. The minimum Gasteiger partial charge on any atom is -0.351 e. The number of ether oxygens (including phenoxy) is 1. The van der Waals surface area contributed by atoms with Gasteiger partial charge in [-0.05, 0) is 18.9 Å². The fourth-order valence-corrected chi connectivity index (χ4v) is 4.41. The van der Waals surface area contributed by atoms with Crippen LogP contribution in [0.2, 0.25) is 0 Å². The molecular weight excluding hydrogens is 308 g/mol. The Kier molecular flexibility index (Phi) is 3.46. The largest absolute Gasteiger partial charge is 0.351 e. The molecule has 3 atom stereocenters. The number of carbonyl (C=O) groups excluding carboxylic acids is 2. The van der Waals surface area contributed by atoms with Crippen molar-refractivity contribution >= 4 is 11.8 Å². The topological polar surface area (TPSA) is 67.7 Å². The van der Waals surface area contributed by atoms with Crippen LogP contribution in [0.3, 0.4) is 0 Å². The summed E-state index contributed by atoms with van der Waals surface area (Å²) in [6, 6.07) is 1.66. The molecule has 0 radical (unpaired) electrons. The predicted octanol–water partition coefficient (Wildman–Crippen LogP) is 1.10. The SMILES string of the molecule is CCn1ccc(C(=O)N2CC[C@@]34OC[C@@H](C(C)C)N3C(=O)C[C@@H]24)n1. The van der Waals surface area contributed by atoms with Gasteiger partial charge in [-0.2, -0.15) is 5.10 Å². The number of aromatic nitrogens is 2. The van der Waals surface area contributed by atoms with Crippen LogP contribution in [0.5, 0.6) is 0 Å². The summed E-state index contributed by atoms with van der Waals surface area (Å²) in [5, 5.41) is 4.32. The lowest BCUT2D eigenvalue weighted by molar-refractivity contribution is -0.139. The molecule has 1 spiro atoms. The predicted molar refractivity (Wildman–Crippen MR) is 86.1 cm³/mol. The standard InChI is InChI=1S/C17H24N4O3/c1-4-19-7-5-12(18-19)16(23)20-8-6-17-14(20)9-15(22)21(17)13(10-24-17)11(2)3/h5,7,11,13-14H,4,6,8-10H2,1-3H3/t13-,14+,17-/m0/s1. The van der Waals surface area contributed by atoms with E-state index < -0.39 is 5.72 Å². The number of nitrogens with zero attached hydrogens (tertiary/aromatic N) is 4. The van der Waals surface area contributed by atoms with Crippen molar-refractivity contribution in [3.05, 3.63) is 18.0 Å². The van der Waals surface area contributed by atoms with Gasteiger partial charge >= 0.3 is 0 Å². The van der Waals surface area contributed by atoms with Gasteiger partial charge in [-0.25, -0.2) is 0 Å². The summed E-state index contributed by atoms with van der Waals surface area (Å²) < 4.78 is 7.90. The number of likely N-dealkylation sites (tertiary alicyclic amines) is 1. The highest BCUT2D eigenvalue weighted by molar-refractivity contribution is 5.94. The molecule has 1 aromatic rings. The Bertz CT molecular complexity index is 685. The first-order valence-electron chi connectivity index (χ1n) is 8.78. The van der Waals surface area contributed by atoms with Gasteiger partial charge in [0, 0.05) is 25.7 Å². The summed E-state index contributed by atoms with van der Waals surface area (Å²) in [4.78, 5) is 29.2. The first-order chi connectivity index (χ1) is 11.5. The van der Waals surface area contributed by atoms with Gasteiger partial charge in [0.05, 0.1) is 25.1 Å². The molecule has 130 valence electrons. The van der Waals surface area contributed by atoms with Crippen LogP contribution in [0.4, 0.5) is 0 Å². The van der Waals surface area contributed by atoms with E-state index in [1.807, 2.05) is 18.0 Å². The van der Waals surface area contributed by atoms with Gasteiger partial charge in [0.1, 0.15) is 5.69 Å². The molecule has 24 heavy (non-hydrogen) atoms. The van der Waals surface area contributed by atoms with E-state index in [1.165, 1.54) is 0 Å². The minimum atomic E-state index is -0.616. The van der Waals surface area contributed by atoms with Crippen LogP contribution in [-0.4, -0.2) is 62.4 Å². The van der Waals surface area contributed by atoms with Gasteiger partial charge in [-0.15, -0.1) is 0 Å². The van der Waals surface area contributed by atoms with Crippen LogP contribution >= 0.6 is 0 Å². The van der Waals surface area contributed by atoms with Gasteiger partial charge in [-0.3, -0.25) is 14.3 Å². The molecule has 1 aromatic heterocycles. The molecule has 4 heterocycles. The molecule has 0 aromatic carbocycles. The number of hydrogen-bond acceptors (Lipinski definition) is 4. The zero-order valence-electron chi connectivity index (χ0n) is 14.4. The minimum absolute atomic E-state index is 0.102. The highest BCUT2D eigenvalue weighted by Crippen LogP contribution is 2.49. The summed E-state index contributed by atoms with van der Waals surface area (Å²) in [5.74, 6) is 0.347. The zero-order valence-corrected chi connectivity index (χ0v) is 14.4. The van der Waals surface area contributed by atoms with E-state index in [4.69, 9.17) is 4.74 Å². The average molecular weight is 332 g/mol. The second kappa shape index (κ2) is 5.31. The summed E-state index contributed by atoms with van der Waals surface area (Å²) >= 11 is 0. The van der Waals surface area contributed by atoms with E-state index in [2.05, 4.69) is 18.9 Å². The lowest BCUT2D eigenvalue weighted by Gasteiger charge is -2.34. The van der Waals surface area contributed by atoms with E-state index in [-0.39, 0.29) is 23.9 Å². The maximum Gasteiger partial charge on any atom is 0.274 e. The van der Waals surface area contributed by atoms with Crippen LogP contribution < -0.4 is 0 Å². The third-order valence-electron chi connectivity index (χ3n) is 5.70. The van der Waals surface area contributed by atoms with E-state index in [0.717, 1.165) is 6.54 Å². The van der Waals surface area contributed by atoms with Gasteiger partial charge in [0.25, 0.3) is 5.91 Å². The second-order valence-electron chi connectivity index (χ2n) is 7.26. The molecule has 0 aliphatic carbocycles. The molecule has 7 heteroatoms. The van der Waals surface area contributed by atoms with Crippen molar-refractivity contribution in [1.29, 1.82) is 0 Å². The van der Waals surface area contributed by atoms with Crippen LogP contribution in [0.25, 0.3) is 0 Å². The second-order valence-corrected chi connectivity index (χ2v) is 7.26. The van der Waals surface area contributed by atoms with Crippen LogP contribution in [0, 0.1) is 5.92 Å². The Morgan fingerprint density at radius 1 is 1.50 bits per heavy atom. The Labute approximate surface area is 141 Å². The normalized spacial score (nSPS) is 31.9. The molecule has 3 aliphatic heterocycles. The molecular formula is C17H24N4O3. The molecule has 0 bridgehead atoms. The van der Waals surface area contributed by atoms with E-state index >= 15 is 0 Å². The molecule has 3 saturated heterocycles. The van der Waals surface area contributed by atoms with Crippen LogP contribution in [0.1, 0.15) is 44.1 Å². The van der Waals surface area contributed by atoms with Crippen LogP contribution in [0.15, 0.2) is 12.3 Å². The number of hydrogen-bond donors (Lipinski definition) is 0. The van der Waals surface area contributed by atoms with Crippen molar-refractivity contribution < 1.29 is 14.3 Å². The Morgan fingerprint density at radius 2 is 2.29 bits per heavy atom. The zero-order chi connectivity index (χ0) is 17.1. The van der Waals surface area contributed by atoms with Crippen molar-refractivity contribution in [3.63, 3.8) is 0 Å². The maximum atomic E-state index is 12.9. The van der Waals surface area contributed by atoms with E-state index in [1.54, 1.807) is 15.6 Å². The van der Waals surface area contributed by atoms with Gasteiger partial charge < -0.3 is 14.5 Å². The lowest BCUT2D eigenvalue weighted by atomic mass is 10.0. The molecule has 2 amide bonds. The molecule has 3 aliphatic rings. The Hall–Kier alpha value is -1.89. The summed E-state index contributed by atoms with van der Waals surface area (Å²) in [6.07, 6.45) is 2.85. The molecule has 7 nitrogen and oxygen atoms in total. The maximum absolute atomic E-state index is 12.9. The van der Waals surface area contributed by atoms with Crippen molar-refractivity contribution in [2.24, 2.45) is 5.92 Å². The van der Waals surface area contributed by atoms with Crippen LogP contribution in [-0.2, 0) is 16.1 Å². The van der Waals surface area contributed by atoms with Crippen molar-refractivity contribution in [2.75, 3.05) is 13.2 Å². The number of carbonyl (C=O) groups is 2. The fraction of sp³-hybridized carbons (Fsp3) is 0.706. The summed E-state index contributed by atoms with van der Waals surface area (Å²) in [5.41, 5.74) is -0.173. The van der Waals surface area contributed by atoms with Gasteiger partial charge in [0.15, 0.2) is 5.72 Å². The summed E-state index contributed by atoms with van der Waals surface area (Å²) in [7, 11) is 0. The molecule has 3 fully saturated rings. The number of rotatable bonds is 3. The Balaban J connectivity index is 1.62. The highest BCUT2D eigenvalue weighted by atomic mass is 16.5. The van der Waals surface area contributed by atoms with Gasteiger partial charge in [0.2, 0.25) is 5.91 Å². The van der Waals surface area contributed by atoms with E-state index in [9.17, 15) is 9.59 Å². The fourth-order valence-electron chi connectivity index (χ4n) is 4.41. The smallest absolute Gasteiger partial charge is 0.274 e. The third-order valence-corrected chi connectivity index (χ3v) is 5.70. The molecule has 0 unspecified atom stereocenters. The number of aryl methyl sites for hydroxylation is 1. The quantitative estimate of drug-likeness (QED) is 0.831. The monoisotopic (exact) mass is 332 g/mol. The first kappa shape index (κ1) is 15.6. The summed E-state index contributed by atoms with van der Waals surface area (Å²) in [6.45, 7) is 8.11. The Morgan fingerprint density at radius 3 is 2.96 bits per heavy atom. The first-order valence-corrected chi connectivity index (χ1v) is 8.78. The van der Waals surface area contributed by atoms with Crippen molar-refractivity contribution in [3.8, 4) is 0 Å². The highest BCUT2D eigenvalue weighted by Gasteiger charge is 2.65. The average Bonchev–Trinajstić information content (AvgIpc) is 3.28. The van der Waals surface area contributed by atoms with E-state index in [0.29, 0.717) is 37.6 Å². The van der Waals surface area contributed by atoms with Gasteiger partial charge in [-0.1, -0.05) is 13.8 Å². The van der Waals surface area contributed by atoms with Crippen molar-refractivity contribution in [1.82, 2.24) is 19.6 Å². The number of amides is 2. The van der Waals surface area contributed by atoms with Crippen molar-refractivity contribution in [2.45, 2.75) is 58.0 Å². The molecule has 4 rings (SSSR count). The molecule has 0 N–H and O–H groups in total. The molecule has 0 saturated carbocycles. The third kappa shape index (κ3) is 1.97.